The van der Waals surface area contributed by atoms with E-state index in [1.165, 1.54) is 0 Å². The van der Waals surface area contributed by atoms with Gasteiger partial charge in [0, 0.05) is 16.4 Å². The van der Waals surface area contributed by atoms with Gasteiger partial charge < -0.3 is 10.6 Å². The number of carbonyl (C=O) groups is 2. The van der Waals surface area contributed by atoms with Crippen molar-refractivity contribution in [3.63, 3.8) is 0 Å². The van der Waals surface area contributed by atoms with Crippen LogP contribution in [0, 0.1) is 0 Å². The molecule has 2 amide bonds. The molecule has 1 aromatic heterocycles. The first-order valence-corrected chi connectivity index (χ1v) is 9.19. The lowest BCUT2D eigenvalue weighted by Crippen LogP contribution is -2.57. The molecule has 0 bridgehead atoms. The monoisotopic (exact) mass is 401 g/mol. The third-order valence-electron chi connectivity index (χ3n) is 4.49. The molecule has 2 N–H and O–H groups in total. The van der Waals surface area contributed by atoms with Gasteiger partial charge in [-0.3, -0.25) is 14.6 Å². The van der Waals surface area contributed by atoms with E-state index >= 15 is 0 Å². The first-order valence-electron chi connectivity index (χ1n) is 8.40. The zero-order chi connectivity index (χ0) is 17.7. The van der Waals surface area contributed by atoms with Crippen molar-refractivity contribution < 1.29 is 9.59 Å². The van der Waals surface area contributed by atoms with Crippen LogP contribution in [0.15, 0.2) is 53.1 Å². The molecule has 0 spiro atoms. The number of benzene rings is 1. The van der Waals surface area contributed by atoms with Crippen LogP contribution in [-0.4, -0.2) is 22.3 Å². The van der Waals surface area contributed by atoms with Crippen LogP contribution < -0.4 is 10.6 Å². The summed E-state index contributed by atoms with van der Waals surface area (Å²) in [5, 5.41) is 5.90. The molecular formula is C19H20BrN3O2. The molecule has 6 heteroatoms. The first-order chi connectivity index (χ1) is 12.1. The first kappa shape index (κ1) is 17.6. The zero-order valence-corrected chi connectivity index (χ0v) is 15.4. The fraction of sp³-hybridized carbons (Fsp3) is 0.316. The molecule has 0 radical (unpaired) electrons. The number of hydrogen-bond acceptors (Lipinski definition) is 3. The number of hydrogen-bond donors (Lipinski definition) is 2. The third kappa shape index (κ3) is 4.25. The number of nitrogens with zero attached hydrogens (tertiary/aromatic N) is 1. The highest BCUT2D eigenvalue weighted by atomic mass is 79.9. The summed E-state index contributed by atoms with van der Waals surface area (Å²) >= 11 is 3.38. The fourth-order valence-electron chi connectivity index (χ4n) is 3.13. The number of amides is 2. The van der Waals surface area contributed by atoms with Gasteiger partial charge in [0.15, 0.2) is 0 Å². The Hall–Kier alpha value is -2.21. The molecule has 0 saturated heterocycles. The highest BCUT2D eigenvalue weighted by Crippen LogP contribution is 2.30. The number of carbonyl (C=O) groups excluding carboxylic acids is 2. The Morgan fingerprint density at radius 2 is 1.72 bits per heavy atom. The molecule has 1 fully saturated rings. The van der Waals surface area contributed by atoms with Gasteiger partial charge in [-0.05, 0) is 49.2 Å². The molecule has 1 aromatic carbocycles. The van der Waals surface area contributed by atoms with Gasteiger partial charge in [0.2, 0.25) is 5.91 Å². The van der Waals surface area contributed by atoms with E-state index in [2.05, 4.69) is 31.5 Å². The number of nitrogens with one attached hydrogen (secondary N) is 2. The summed E-state index contributed by atoms with van der Waals surface area (Å²) in [5.41, 5.74) is 0.147. The Balaban J connectivity index is 1.79. The Kier molecular flexibility index (Phi) is 5.48. The molecule has 1 saturated carbocycles. The van der Waals surface area contributed by atoms with E-state index in [0.29, 0.717) is 24.2 Å². The minimum atomic E-state index is -0.889. The molecule has 1 aliphatic carbocycles. The van der Waals surface area contributed by atoms with Crippen molar-refractivity contribution in [1.29, 1.82) is 0 Å². The average molecular weight is 402 g/mol. The minimum absolute atomic E-state index is 0.168. The average Bonchev–Trinajstić information content (AvgIpc) is 2.65. The van der Waals surface area contributed by atoms with Crippen molar-refractivity contribution in [2.24, 2.45) is 0 Å². The van der Waals surface area contributed by atoms with E-state index in [9.17, 15) is 9.59 Å². The largest absolute Gasteiger partial charge is 0.336 e. The molecule has 2 aromatic rings. The minimum Gasteiger partial charge on any atom is -0.336 e. The van der Waals surface area contributed by atoms with Gasteiger partial charge in [-0.1, -0.05) is 41.3 Å². The summed E-state index contributed by atoms with van der Waals surface area (Å²) in [6, 6.07) is 12.6. The maximum atomic E-state index is 13.0. The Labute approximate surface area is 155 Å². The second-order valence-electron chi connectivity index (χ2n) is 6.27. The highest BCUT2D eigenvalue weighted by Gasteiger charge is 2.41. The number of halogens is 1. The number of pyridine rings is 1. The van der Waals surface area contributed by atoms with E-state index < -0.39 is 5.54 Å². The second-order valence-corrected chi connectivity index (χ2v) is 7.19. The van der Waals surface area contributed by atoms with Crippen molar-refractivity contribution >= 4 is 33.4 Å². The van der Waals surface area contributed by atoms with Gasteiger partial charge >= 0.3 is 0 Å². The molecule has 5 nitrogen and oxygen atoms in total. The Bertz CT molecular complexity index is 741. The van der Waals surface area contributed by atoms with Gasteiger partial charge in [0.1, 0.15) is 11.2 Å². The number of aromatic nitrogens is 1. The van der Waals surface area contributed by atoms with Crippen LogP contribution in [-0.2, 0) is 4.79 Å². The summed E-state index contributed by atoms with van der Waals surface area (Å²) < 4.78 is 0.946. The molecule has 3 rings (SSSR count). The molecular weight excluding hydrogens is 382 g/mol. The predicted molar refractivity (Wildman–Crippen MR) is 100 cm³/mol. The molecule has 1 aliphatic rings. The van der Waals surface area contributed by atoms with Crippen molar-refractivity contribution in [3.8, 4) is 0 Å². The highest BCUT2D eigenvalue weighted by molar-refractivity contribution is 9.10. The predicted octanol–water partition coefficient (Wildman–Crippen LogP) is 3.92. The lowest BCUT2D eigenvalue weighted by Gasteiger charge is -2.36. The maximum absolute atomic E-state index is 13.0. The van der Waals surface area contributed by atoms with E-state index in [4.69, 9.17) is 0 Å². The summed E-state index contributed by atoms with van der Waals surface area (Å²) in [6.45, 7) is 0. The number of rotatable bonds is 4. The molecule has 25 heavy (non-hydrogen) atoms. The van der Waals surface area contributed by atoms with Gasteiger partial charge in [-0.2, -0.15) is 0 Å². The van der Waals surface area contributed by atoms with Gasteiger partial charge in [0.25, 0.3) is 5.91 Å². The van der Waals surface area contributed by atoms with E-state index in [0.717, 1.165) is 23.7 Å². The molecule has 1 heterocycles. The van der Waals surface area contributed by atoms with Crippen LogP contribution in [0.3, 0.4) is 0 Å². The van der Waals surface area contributed by atoms with Crippen LogP contribution in [0.1, 0.15) is 42.6 Å². The molecule has 0 aliphatic heterocycles. The second kappa shape index (κ2) is 7.78. The standard InChI is InChI=1S/C19H20BrN3O2/c20-14-7-9-15(10-8-14)22-18(25)19(11-3-1-4-12-19)23-17(24)16-6-2-5-13-21-16/h2,5-10,13H,1,3-4,11-12H2,(H,22,25)(H,23,24). The quantitative estimate of drug-likeness (QED) is 0.815. The number of anilines is 1. The van der Waals surface area contributed by atoms with Crippen LogP contribution in [0.4, 0.5) is 5.69 Å². The third-order valence-corrected chi connectivity index (χ3v) is 5.02. The normalized spacial score (nSPS) is 16.0. The summed E-state index contributed by atoms with van der Waals surface area (Å²) in [5.74, 6) is -0.479. The van der Waals surface area contributed by atoms with Crippen LogP contribution in [0.25, 0.3) is 0 Å². The summed E-state index contributed by atoms with van der Waals surface area (Å²) in [6.07, 6.45) is 5.74. The van der Waals surface area contributed by atoms with Crippen molar-refractivity contribution in [2.75, 3.05) is 5.32 Å². The van der Waals surface area contributed by atoms with Gasteiger partial charge in [-0.25, -0.2) is 0 Å². The van der Waals surface area contributed by atoms with E-state index in [1.54, 1.807) is 24.4 Å². The summed E-state index contributed by atoms with van der Waals surface area (Å²) in [4.78, 5) is 29.6. The summed E-state index contributed by atoms with van der Waals surface area (Å²) in [7, 11) is 0. The molecule has 130 valence electrons. The van der Waals surface area contributed by atoms with Crippen molar-refractivity contribution in [3.05, 3.63) is 58.8 Å². The SMILES string of the molecule is O=C(NC1(C(=O)Nc2ccc(Br)cc2)CCCCC1)c1ccccn1. The smallest absolute Gasteiger partial charge is 0.270 e. The van der Waals surface area contributed by atoms with Crippen LogP contribution in [0.2, 0.25) is 0 Å². The van der Waals surface area contributed by atoms with Crippen LogP contribution in [0.5, 0.6) is 0 Å². The van der Waals surface area contributed by atoms with E-state index in [1.807, 2.05) is 24.3 Å². The fourth-order valence-corrected chi connectivity index (χ4v) is 3.39. The molecule has 0 unspecified atom stereocenters. The van der Waals surface area contributed by atoms with Crippen molar-refractivity contribution in [1.82, 2.24) is 10.3 Å². The maximum Gasteiger partial charge on any atom is 0.270 e. The molecule has 0 atom stereocenters. The topological polar surface area (TPSA) is 71.1 Å². The van der Waals surface area contributed by atoms with Crippen LogP contribution >= 0.6 is 15.9 Å². The van der Waals surface area contributed by atoms with Crippen molar-refractivity contribution in [2.45, 2.75) is 37.6 Å². The lowest BCUT2D eigenvalue weighted by atomic mass is 9.80. The Morgan fingerprint density at radius 3 is 2.36 bits per heavy atom. The zero-order valence-electron chi connectivity index (χ0n) is 13.8. The Morgan fingerprint density at radius 1 is 1.00 bits per heavy atom. The lowest BCUT2D eigenvalue weighted by molar-refractivity contribution is -0.123. The van der Waals surface area contributed by atoms with Gasteiger partial charge in [-0.15, -0.1) is 0 Å². The van der Waals surface area contributed by atoms with E-state index in [-0.39, 0.29) is 11.8 Å². The van der Waals surface area contributed by atoms with Gasteiger partial charge in [0.05, 0.1) is 0 Å².